The summed E-state index contributed by atoms with van der Waals surface area (Å²) < 4.78 is 7.49. The van der Waals surface area contributed by atoms with Gasteiger partial charge in [0.25, 0.3) is 5.91 Å². The Balaban J connectivity index is 1.70. The molecule has 33 heavy (non-hydrogen) atoms. The van der Waals surface area contributed by atoms with E-state index >= 15 is 0 Å². The Kier molecular flexibility index (Phi) is 6.47. The van der Waals surface area contributed by atoms with Gasteiger partial charge in [0.1, 0.15) is 5.75 Å². The quantitative estimate of drug-likeness (QED) is 0.418. The highest BCUT2D eigenvalue weighted by molar-refractivity contribution is 8.18. The largest absolute Gasteiger partial charge is 0.497 e. The standard InChI is InChI=1S/C27H29N3O2S/c1-7-29-26(31)25(33-27(29)28-22-11-13-23(32-6)14-12-22)16-21-15-18(3)30(20(21)5)24-10-8-9-17(2)19(24)4/h8-16H,7H2,1-6H3/b25-16+,28-27?. The van der Waals surface area contributed by atoms with E-state index in [1.807, 2.05) is 37.3 Å². The number of hydrogen-bond acceptors (Lipinski definition) is 4. The normalized spacial score (nSPS) is 16.3. The van der Waals surface area contributed by atoms with Crippen LogP contribution in [0.15, 0.2) is 58.4 Å². The lowest BCUT2D eigenvalue weighted by Gasteiger charge is -2.14. The Morgan fingerprint density at radius 2 is 1.79 bits per heavy atom. The Bertz CT molecular complexity index is 1270. The number of rotatable bonds is 5. The van der Waals surface area contributed by atoms with E-state index in [2.05, 4.69) is 56.5 Å². The fraction of sp³-hybridized carbons (Fsp3) is 0.259. The molecule has 0 radical (unpaired) electrons. The molecule has 1 amide bonds. The van der Waals surface area contributed by atoms with Gasteiger partial charge in [0.2, 0.25) is 0 Å². The lowest BCUT2D eigenvalue weighted by atomic mass is 10.1. The maximum atomic E-state index is 13.1. The van der Waals surface area contributed by atoms with Crippen molar-refractivity contribution < 1.29 is 9.53 Å². The summed E-state index contributed by atoms with van der Waals surface area (Å²) >= 11 is 1.42. The van der Waals surface area contributed by atoms with Gasteiger partial charge in [-0.2, -0.15) is 0 Å². The summed E-state index contributed by atoms with van der Waals surface area (Å²) in [5.41, 5.74) is 7.80. The number of carbonyl (C=O) groups excluding carboxylic acids is 1. The summed E-state index contributed by atoms with van der Waals surface area (Å²) in [6.07, 6.45) is 2.00. The topological polar surface area (TPSA) is 46.8 Å². The molecule has 4 rings (SSSR count). The molecule has 0 aliphatic carbocycles. The lowest BCUT2D eigenvalue weighted by Crippen LogP contribution is -2.28. The molecule has 3 aromatic rings. The predicted molar refractivity (Wildman–Crippen MR) is 138 cm³/mol. The number of likely N-dealkylation sites (N-methyl/N-ethyl adjacent to an activating group) is 1. The van der Waals surface area contributed by atoms with Crippen molar-refractivity contribution in [3.8, 4) is 11.4 Å². The molecule has 1 aliphatic heterocycles. The lowest BCUT2D eigenvalue weighted by molar-refractivity contribution is -0.122. The number of amides is 1. The number of carbonyl (C=O) groups is 1. The summed E-state index contributed by atoms with van der Waals surface area (Å²) in [5, 5.41) is 0.697. The highest BCUT2D eigenvalue weighted by Crippen LogP contribution is 2.35. The van der Waals surface area contributed by atoms with E-state index in [1.165, 1.54) is 28.6 Å². The van der Waals surface area contributed by atoms with Crippen molar-refractivity contribution in [3.05, 3.63) is 81.5 Å². The molecule has 1 saturated heterocycles. The Hall–Kier alpha value is -3.25. The first kappa shape index (κ1) is 22.9. The second-order valence-electron chi connectivity index (χ2n) is 8.13. The maximum absolute atomic E-state index is 13.1. The number of nitrogens with zero attached hydrogens (tertiary/aromatic N) is 3. The van der Waals surface area contributed by atoms with Crippen LogP contribution in [0, 0.1) is 27.7 Å². The fourth-order valence-corrected chi connectivity index (χ4v) is 5.11. The van der Waals surface area contributed by atoms with Crippen LogP contribution in [0.3, 0.4) is 0 Å². The smallest absolute Gasteiger partial charge is 0.266 e. The fourth-order valence-electron chi connectivity index (χ4n) is 4.06. The number of hydrogen-bond donors (Lipinski definition) is 0. The molecule has 170 valence electrons. The summed E-state index contributed by atoms with van der Waals surface area (Å²) in [6, 6.07) is 16.0. The van der Waals surface area contributed by atoms with E-state index in [0.717, 1.165) is 28.4 Å². The number of thioether (sulfide) groups is 1. The van der Waals surface area contributed by atoms with Crippen molar-refractivity contribution in [1.82, 2.24) is 9.47 Å². The van der Waals surface area contributed by atoms with Crippen LogP contribution in [0.4, 0.5) is 5.69 Å². The predicted octanol–water partition coefficient (Wildman–Crippen LogP) is 6.34. The molecule has 6 heteroatoms. The van der Waals surface area contributed by atoms with Crippen LogP contribution in [0.1, 0.15) is 35.0 Å². The summed E-state index contributed by atoms with van der Waals surface area (Å²) in [5.74, 6) is 0.771. The molecular formula is C27H29N3O2S. The molecule has 1 fully saturated rings. The van der Waals surface area contributed by atoms with Crippen LogP contribution in [0.2, 0.25) is 0 Å². The minimum Gasteiger partial charge on any atom is -0.497 e. The molecule has 5 nitrogen and oxygen atoms in total. The molecule has 0 spiro atoms. The average Bonchev–Trinajstić information content (AvgIpc) is 3.25. The highest BCUT2D eigenvalue weighted by atomic mass is 32.2. The highest BCUT2D eigenvalue weighted by Gasteiger charge is 2.32. The van der Waals surface area contributed by atoms with Crippen LogP contribution < -0.4 is 4.74 Å². The van der Waals surface area contributed by atoms with E-state index in [1.54, 1.807) is 12.0 Å². The third kappa shape index (κ3) is 4.35. The number of ether oxygens (including phenoxy) is 1. The first-order chi connectivity index (χ1) is 15.8. The number of amidine groups is 1. The molecule has 2 heterocycles. The third-order valence-corrected chi connectivity index (χ3v) is 7.08. The van der Waals surface area contributed by atoms with Gasteiger partial charge in [0.05, 0.1) is 17.7 Å². The van der Waals surface area contributed by atoms with Gasteiger partial charge in [-0.25, -0.2) is 4.99 Å². The maximum Gasteiger partial charge on any atom is 0.266 e. The monoisotopic (exact) mass is 459 g/mol. The van der Waals surface area contributed by atoms with Gasteiger partial charge >= 0.3 is 0 Å². The van der Waals surface area contributed by atoms with Gasteiger partial charge in [-0.1, -0.05) is 12.1 Å². The number of benzene rings is 2. The van der Waals surface area contributed by atoms with Crippen molar-refractivity contribution in [2.24, 2.45) is 4.99 Å². The molecule has 0 unspecified atom stereocenters. The number of aromatic nitrogens is 1. The Morgan fingerprint density at radius 1 is 1.06 bits per heavy atom. The van der Waals surface area contributed by atoms with Crippen LogP contribution in [-0.4, -0.2) is 34.2 Å². The zero-order chi connectivity index (χ0) is 23.7. The first-order valence-electron chi connectivity index (χ1n) is 11.0. The molecule has 2 aromatic carbocycles. The summed E-state index contributed by atoms with van der Waals surface area (Å²) in [6.45, 7) is 11.0. The van der Waals surface area contributed by atoms with Crippen molar-refractivity contribution in [3.63, 3.8) is 0 Å². The first-order valence-corrected chi connectivity index (χ1v) is 11.8. The zero-order valence-corrected chi connectivity index (χ0v) is 20.8. The molecule has 0 atom stereocenters. The second kappa shape index (κ2) is 9.32. The van der Waals surface area contributed by atoms with Gasteiger partial charge in [-0.3, -0.25) is 9.69 Å². The second-order valence-corrected chi connectivity index (χ2v) is 9.14. The van der Waals surface area contributed by atoms with E-state index < -0.39 is 0 Å². The average molecular weight is 460 g/mol. The molecule has 1 aromatic heterocycles. The number of methoxy groups -OCH3 is 1. The minimum atomic E-state index is -0.00805. The van der Waals surface area contributed by atoms with Gasteiger partial charge in [0.15, 0.2) is 5.17 Å². The van der Waals surface area contributed by atoms with Crippen molar-refractivity contribution in [1.29, 1.82) is 0 Å². The number of aryl methyl sites for hydroxylation is 2. The van der Waals surface area contributed by atoms with Crippen LogP contribution in [0.25, 0.3) is 11.8 Å². The molecule has 1 aliphatic rings. The molecule has 0 saturated carbocycles. The zero-order valence-electron chi connectivity index (χ0n) is 20.0. The van der Waals surface area contributed by atoms with Crippen molar-refractivity contribution in [2.45, 2.75) is 34.6 Å². The Labute approximate surface area is 199 Å². The van der Waals surface area contributed by atoms with Gasteiger partial charge in [0, 0.05) is 23.6 Å². The van der Waals surface area contributed by atoms with E-state index in [0.29, 0.717) is 16.6 Å². The number of aliphatic imine (C=N–C) groups is 1. The minimum absolute atomic E-state index is 0.00805. The SMILES string of the molecule is CCN1C(=O)/C(=C\c2cc(C)n(-c3cccc(C)c3C)c2C)SC1=Nc1ccc(OC)cc1. The van der Waals surface area contributed by atoms with Crippen molar-refractivity contribution >= 4 is 34.6 Å². The van der Waals surface area contributed by atoms with E-state index in [-0.39, 0.29) is 5.91 Å². The van der Waals surface area contributed by atoms with Gasteiger partial charge < -0.3 is 9.30 Å². The van der Waals surface area contributed by atoms with Crippen LogP contribution in [-0.2, 0) is 4.79 Å². The van der Waals surface area contributed by atoms with Crippen LogP contribution >= 0.6 is 11.8 Å². The van der Waals surface area contributed by atoms with Gasteiger partial charge in [-0.15, -0.1) is 0 Å². The van der Waals surface area contributed by atoms with Gasteiger partial charge in [-0.05, 0) is 106 Å². The third-order valence-electron chi connectivity index (χ3n) is 6.08. The van der Waals surface area contributed by atoms with Crippen LogP contribution in [0.5, 0.6) is 5.75 Å². The molecular weight excluding hydrogens is 430 g/mol. The van der Waals surface area contributed by atoms with E-state index in [4.69, 9.17) is 9.73 Å². The van der Waals surface area contributed by atoms with E-state index in [9.17, 15) is 4.79 Å². The molecule has 0 N–H and O–H groups in total. The summed E-state index contributed by atoms with van der Waals surface area (Å²) in [4.78, 5) is 20.3. The van der Waals surface area contributed by atoms with Crippen molar-refractivity contribution in [2.75, 3.05) is 13.7 Å². The molecule has 0 bridgehead atoms. The Morgan fingerprint density at radius 3 is 2.45 bits per heavy atom. The summed E-state index contributed by atoms with van der Waals surface area (Å²) in [7, 11) is 1.64.